The highest BCUT2D eigenvalue weighted by Gasteiger charge is 2.50. The molecule has 1 aromatic heterocycles. The van der Waals surface area contributed by atoms with Crippen LogP contribution in [-0.4, -0.2) is 35.3 Å². The van der Waals surface area contributed by atoms with Crippen LogP contribution in [0.4, 0.5) is 0 Å². The molecule has 8 heteroatoms. The van der Waals surface area contributed by atoms with Gasteiger partial charge in [0.15, 0.2) is 12.2 Å². The van der Waals surface area contributed by atoms with E-state index in [4.69, 9.17) is 18.9 Å². The van der Waals surface area contributed by atoms with E-state index in [9.17, 15) is 14.4 Å². The van der Waals surface area contributed by atoms with Crippen molar-refractivity contribution in [1.82, 2.24) is 4.57 Å². The van der Waals surface area contributed by atoms with Crippen molar-refractivity contribution in [3.63, 3.8) is 0 Å². The van der Waals surface area contributed by atoms with Gasteiger partial charge < -0.3 is 23.5 Å². The first-order chi connectivity index (χ1) is 20.2. The van der Waals surface area contributed by atoms with E-state index in [1.54, 1.807) is 92.7 Å². The molecule has 5 aromatic rings. The van der Waals surface area contributed by atoms with E-state index in [0.717, 1.165) is 0 Å². The number of fused-ring (bicyclic) bond motifs is 4. The molecule has 0 unspecified atom stereocenters. The van der Waals surface area contributed by atoms with Crippen LogP contribution in [0.3, 0.4) is 0 Å². The summed E-state index contributed by atoms with van der Waals surface area (Å²) < 4.78 is 26.4. The number of hydrogen-bond acceptors (Lipinski definition) is 7. The Labute approximate surface area is 242 Å². The highest BCUT2D eigenvalue weighted by Crippen LogP contribution is 2.49. The van der Waals surface area contributed by atoms with Crippen LogP contribution in [0.25, 0.3) is 21.8 Å². The van der Waals surface area contributed by atoms with E-state index in [0.29, 0.717) is 50.0 Å². The SMILES string of the molecule is COc1cc2c(c3c1c(=O)c1ccccc1n3C)[C@H](OC(=O)c1ccccc1)[C@@H](OC(=O)c1ccccc1)C(C)(C)O2. The Morgan fingerprint density at radius 2 is 1.40 bits per heavy atom. The van der Waals surface area contributed by atoms with Crippen molar-refractivity contribution in [3.05, 3.63) is 118 Å². The number of aromatic nitrogens is 1. The second-order valence-electron chi connectivity index (χ2n) is 10.7. The summed E-state index contributed by atoms with van der Waals surface area (Å²) in [6.07, 6.45) is -2.21. The molecule has 8 nitrogen and oxygen atoms in total. The smallest absolute Gasteiger partial charge is 0.338 e. The van der Waals surface area contributed by atoms with Gasteiger partial charge in [0.1, 0.15) is 17.1 Å². The molecular weight excluding hydrogens is 534 g/mol. The molecule has 1 aliphatic rings. The molecule has 0 saturated carbocycles. The molecule has 0 bridgehead atoms. The van der Waals surface area contributed by atoms with Gasteiger partial charge in [-0.25, -0.2) is 9.59 Å². The van der Waals surface area contributed by atoms with Gasteiger partial charge in [-0.3, -0.25) is 4.79 Å². The maximum Gasteiger partial charge on any atom is 0.338 e. The normalized spacial score (nSPS) is 17.2. The zero-order chi connectivity index (χ0) is 29.6. The minimum Gasteiger partial charge on any atom is -0.496 e. The first kappa shape index (κ1) is 27.1. The van der Waals surface area contributed by atoms with Gasteiger partial charge in [0.05, 0.1) is 40.2 Å². The molecule has 0 spiro atoms. The summed E-state index contributed by atoms with van der Waals surface area (Å²) in [4.78, 5) is 40.8. The van der Waals surface area contributed by atoms with Gasteiger partial charge in [0.2, 0.25) is 5.43 Å². The first-order valence-electron chi connectivity index (χ1n) is 13.5. The predicted molar refractivity (Wildman–Crippen MR) is 158 cm³/mol. The quantitative estimate of drug-likeness (QED) is 0.191. The number of aryl methyl sites for hydroxylation is 1. The average molecular weight is 564 g/mol. The average Bonchev–Trinajstić information content (AvgIpc) is 3.01. The number of methoxy groups -OCH3 is 1. The number of esters is 2. The fourth-order valence-electron chi connectivity index (χ4n) is 5.64. The van der Waals surface area contributed by atoms with E-state index in [2.05, 4.69) is 0 Å². The van der Waals surface area contributed by atoms with Crippen molar-refractivity contribution in [2.45, 2.75) is 31.7 Å². The Balaban J connectivity index is 1.63. The first-order valence-corrected chi connectivity index (χ1v) is 13.5. The number of ether oxygens (including phenoxy) is 4. The molecule has 1 aliphatic heterocycles. The summed E-state index contributed by atoms with van der Waals surface area (Å²) in [6.45, 7) is 3.52. The van der Waals surface area contributed by atoms with Crippen LogP contribution in [0.1, 0.15) is 46.2 Å². The van der Waals surface area contributed by atoms with Crippen molar-refractivity contribution < 1.29 is 28.5 Å². The minimum atomic E-state index is -1.15. The predicted octanol–water partition coefficient (Wildman–Crippen LogP) is 6.00. The van der Waals surface area contributed by atoms with Crippen molar-refractivity contribution in [3.8, 4) is 11.5 Å². The van der Waals surface area contributed by atoms with Crippen LogP contribution >= 0.6 is 0 Å². The van der Waals surface area contributed by atoms with Crippen molar-refractivity contribution >= 4 is 33.7 Å². The monoisotopic (exact) mass is 563 g/mol. The highest BCUT2D eigenvalue weighted by molar-refractivity contribution is 6.00. The molecule has 0 radical (unpaired) electrons. The molecule has 2 heterocycles. The standard InChI is InChI=1S/C34H29NO7/c1-34(2)31(41-33(38)21-15-9-6-10-16-21)30(40-32(37)20-13-7-5-8-14-20)27-25(42-34)19-24(39-4)26-28(27)35(3)23-18-12-11-17-22(23)29(26)36/h5-19,30-31H,1-4H3/t30-,31+/m0/s1. The largest absolute Gasteiger partial charge is 0.496 e. The third-order valence-electron chi connectivity index (χ3n) is 7.66. The molecule has 42 heavy (non-hydrogen) atoms. The van der Waals surface area contributed by atoms with Crippen LogP contribution in [0.15, 0.2) is 95.8 Å². The third-order valence-corrected chi connectivity index (χ3v) is 7.66. The van der Waals surface area contributed by atoms with Crippen LogP contribution in [-0.2, 0) is 16.5 Å². The molecule has 2 atom stereocenters. The second-order valence-corrected chi connectivity index (χ2v) is 10.7. The van der Waals surface area contributed by atoms with E-state index in [1.165, 1.54) is 7.11 Å². The number of pyridine rings is 1. The van der Waals surface area contributed by atoms with Gasteiger partial charge in [-0.05, 0) is 50.2 Å². The van der Waals surface area contributed by atoms with Crippen LogP contribution < -0.4 is 14.9 Å². The Bertz CT molecular complexity index is 1890. The molecular formula is C34H29NO7. The van der Waals surface area contributed by atoms with Gasteiger partial charge >= 0.3 is 11.9 Å². The van der Waals surface area contributed by atoms with Crippen molar-refractivity contribution in [2.75, 3.05) is 7.11 Å². The lowest BCUT2D eigenvalue weighted by Gasteiger charge is -2.43. The molecule has 0 amide bonds. The fraction of sp³-hybridized carbons (Fsp3) is 0.206. The van der Waals surface area contributed by atoms with Gasteiger partial charge in [-0.1, -0.05) is 48.5 Å². The van der Waals surface area contributed by atoms with Crippen LogP contribution in [0, 0.1) is 0 Å². The summed E-state index contributed by atoms with van der Waals surface area (Å²) in [5.74, 6) is -0.537. The van der Waals surface area contributed by atoms with Gasteiger partial charge in [-0.15, -0.1) is 0 Å². The number of nitrogens with zero attached hydrogens (tertiary/aromatic N) is 1. The van der Waals surface area contributed by atoms with Crippen LogP contribution in [0.5, 0.6) is 11.5 Å². The molecule has 0 aliphatic carbocycles. The maximum atomic E-state index is 13.9. The van der Waals surface area contributed by atoms with Gasteiger partial charge in [-0.2, -0.15) is 0 Å². The molecule has 6 rings (SSSR count). The molecule has 212 valence electrons. The number of benzene rings is 4. The second kappa shape index (κ2) is 10.4. The molecule has 0 N–H and O–H groups in total. The topological polar surface area (TPSA) is 93.1 Å². The maximum absolute atomic E-state index is 13.9. The Kier molecular flexibility index (Phi) is 6.69. The van der Waals surface area contributed by atoms with E-state index in [1.807, 2.05) is 23.7 Å². The lowest BCUT2D eigenvalue weighted by Crippen LogP contribution is -2.52. The minimum absolute atomic E-state index is 0.242. The number of hydrogen-bond donors (Lipinski definition) is 0. The summed E-state index contributed by atoms with van der Waals surface area (Å²) in [7, 11) is 3.31. The number of rotatable bonds is 5. The highest BCUT2D eigenvalue weighted by atomic mass is 16.6. The summed E-state index contributed by atoms with van der Waals surface area (Å²) in [6, 6.07) is 26.0. The van der Waals surface area contributed by atoms with Gasteiger partial charge in [0.25, 0.3) is 0 Å². The lowest BCUT2D eigenvalue weighted by molar-refractivity contribution is -0.122. The third kappa shape index (κ3) is 4.45. The number of para-hydroxylation sites is 1. The molecule has 4 aromatic carbocycles. The zero-order valence-corrected chi connectivity index (χ0v) is 23.6. The summed E-state index contributed by atoms with van der Waals surface area (Å²) in [5.41, 5.74) is 0.808. The summed E-state index contributed by atoms with van der Waals surface area (Å²) in [5, 5.41) is 0.808. The molecule has 0 saturated heterocycles. The Morgan fingerprint density at radius 1 is 0.833 bits per heavy atom. The summed E-state index contributed by atoms with van der Waals surface area (Å²) >= 11 is 0. The number of carbonyl (C=O) groups is 2. The number of carbonyl (C=O) groups excluding carboxylic acids is 2. The molecule has 0 fully saturated rings. The van der Waals surface area contributed by atoms with E-state index < -0.39 is 29.7 Å². The van der Waals surface area contributed by atoms with Crippen molar-refractivity contribution in [2.24, 2.45) is 7.05 Å². The Morgan fingerprint density at radius 3 is 2.02 bits per heavy atom. The zero-order valence-electron chi connectivity index (χ0n) is 23.6. The van der Waals surface area contributed by atoms with Gasteiger partial charge in [0, 0.05) is 18.5 Å². The van der Waals surface area contributed by atoms with Crippen LogP contribution in [0.2, 0.25) is 0 Å². The fourth-order valence-corrected chi connectivity index (χ4v) is 5.64. The van der Waals surface area contributed by atoms with E-state index in [-0.39, 0.29) is 5.43 Å². The lowest BCUT2D eigenvalue weighted by atomic mass is 9.86. The Hall–Kier alpha value is -5.11. The van der Waals surface area contributed by atoms with E-state index >= 15 is 0 Å². The van der Waals surface area contributed by atoms with Crippen molar-refractivity contribution in [1.29, 1.82) is 0 Å².